The third-order valence-corrected chi connectivity index (χ3v) is 5.86. The van der Waals surface area contributed by atoms with Gasteiger partial charge in [-0.2, -0.15) is 0 Å². The van der Waals surface area contributed by atoms with Crippen molar-refractivity contribution in [1.82, 2.24) is 4.90 Å². The maximum absolute atomic E-state index is 13.4. The van der Waals surface area contributed by atoms with Crippen molar-refractivity contribution in [1.29, 1.82) is 0 Å². The topological polar surface area (TPSA) is 76.1 Å². The van der Waals surface area contributed by atoms with Gasteiger partial charge in [-0.05, 0) is 53.9 Å². The molecule has 7 heteroatoms. The van der Waals surface area contributed by atoms with Crippen LogP contribution in [0.15, 0.2) is 78.4 Å². The summed E-state index contributed by atoms with van der Waals surface area (Å²) < 4.78 is 24.0. The Morgan fingerprint density at radius 3 is 2.26 bits per heavy atom. The Hall–Kier alpha value is -4.13. The summed E-state index contributed by atoms with van der Waals surface area (Å²) in [6.45, 7) is 0.236. The second-order valence-electron chi connectivity index (χ2n) is 7.85. The molecule has 3 aromatic carbocycles. The molecule has 1 saturated heterocycles. The highest BCUT2D eigenvalue weighted by Crippen LogP contribution is 2.39. The number of ether oxygens (including phenoxy) is 2. The number of hydrogen-bond donors (Lipinski definition) is 1. The predicted molar refractivity (Wildman–Crippen MR) is 125 cm³/mol. The number of rotatable bonds is 7. The van der Waals surface area contributed by atoms with Crippen LogP contribution in [-0.2, 0) is 16.0 Å². The van der Waals surface area contributed by atoms with Crippen molar-refractivity contribution in [3.05, 3.63) is 101 Å². The molecular weight excluding hydrogens is 437 g/mol. The van der Waals surface area contributed by atoms with Gasteiger partial charge in [0, 0.05) is 12.1 Å². The van der Waals surface area contributed by atoms with Gasteiger partial charge in [-0.1, -0.05) is 36.4 Å². The van der Waals surface area contributed by atoms with E-state index in [1.165, 1.54) is 29.2 Å². The Balaban J connectivity index is 1.72. The second kappa shape index (κ2) is 9.79. The average molecular weight is 461 g/mol. The van der Waals surface area contributed by atoms with E-state index in [9.17, 15) is 19.1 Å². The van der Waals surface area contributed by atoms with E-state index in [1.54, 1.807) is 32.4 Å². The smallest absolute Gasteiger partial charge is 0.295 e. The fourth-order valence-electron chi connectivity index (χ4n) is 4.14. The van der Waals surface area contributed by atoms with E-state index < -0.39 is 23.5 Å². The van der Waals surface area contributed by atoms with E-state index >= 15 is 0 Å². The minimum Gasteiger partial charge on any atom is -0.507 e. The van der Waals surface area contributed by atoms with Crippen LogP contribution in [0.1, 0.15) is 22.7 Å². The van der Waals surface area contributed by atoms with Crippen LogP contribution in [0.5, 0.6) is 11.5 Å². The summed E-state index contributed by atoms with van der Waals surface area (Å²) in [5.74, 6) is -1.11. The number of methoxy groups -OCH3 is 2. The van der Waals surface area contributed by atoms with Crippen LogP contribution in [0.25, 0.3) is 5.76 Å². The number of aliphatic hydroxyl groups excluding tert-OH is 1. The fraction of sp³-hybridized carbons (Fsp3) is 0.185. The molecule has 0 spiro atoms. The van der Waals surface area contributed by atoms with Crippen molar-refractivity contribution < 1.29 is 28.6 Å². The maximum atomic E-state index is 13.4. The molecule has 34 heavy (non-hydrogen) atoms. The summed E-state index contributed by atoms with van der Waals surface area (Å²) in [6, 6.07) is 18.9. The summed E-state index contributed by atoms with van der Waals surface area (Å²) >= 11 is 0. The first-order chi connectivity index (χ1) is 16.4. The molecule has 1 aliphatic rings. The van der Waals surface area contributed by atoms with Crippen LogP contribution >= 0.6 is 0 Å². The average Bonchev–Trinajstić information content (AvgIpc) is 3.12. The highest BCUT2D eigenvalue weighted by molar-refractivity contribution is 6.46. The number of carbonyl (C=O) groups excluding carboxylic acids is 2. The van der Waals surface area contributed by atoms with Crippen LogP contribution in [0.4, 0.5) is 4.39 Å². The lowest BCUT2D eigenvalue weighted by Crippen LogP contribution is -2.31. The summed E-state index contributed by atoms with van der Waals surface area (Å²) in [6.07, 6.45) is 0.452. The molecule has 1 unspecified atom stereocenters. The minimum absolute atomic E-state index is 0.0184. The summed E-state index contributed by atoms with van der Waals surface area (Å²) in [5.41, 5.74) is 1.83. The van der Waals surface area contributed by atoms with Gasteiger partial charge in [0.05, 0.1) is 25.8 Å². The molecule has 1 amide bonds. The van der Waals surface area contributed by atoms with E-state index in [-0.39, 0.29) is 23.4 Å². The number of nitrogens with zero attached hydrogens (tertiary/aromatic N) is 1. The lowest BCUT2D eigenvalue weighted by molar-refractivity contribution is -0.139. The number of Topliss-reactive ketones (excluding diaryl/α,β-unsaturated/α-hetero) is 1. The van der Waals surface area contributed by atoms with E-state index in [4.69, 9.17) is 9.47 Å². The molecule has 174 valence electrons. The van der Waals surface area contributed by atoms with Gasteiger partial charge in [-0.3, -0.25) is 9.59 Å². The SMILES string of the molecule is COc1ccc(CCN2C(=O)C(=O)C(=C(O)c3ccc(F)cc3)C2c2ccccc2)cc1OC. The molecule has 3 aromatic rings. The number of halogens is 1. The lowest BCUT2D eigenvalue weighted by atomic mass is 9.95. The van der Waals surface area contributed by atoms with Crippen molar-refractivity contribution in [2.45, 2.75) is 12.5 Å². The quantitative estimate of drug-likeness (QED) is 0.318. The van der Waals surface area contributed by atoms with Gasteiger partial charge in [-0.15, -0.1) is 0 Å². The van der Waals surface area contributed by atoms with Crippen molar-refractivity contribution in [2.24, 2.45) is 0 Å². The van der Waals surface area contributed by atoms with Gasteiger partial charge < -0.3 is 19.5 Å². The zero-order valence-corrected chi connectivity index (χ0v) is 18.8. The zero-order chi connectivity index (χ0) is 24.2. The third-order valence-electron chi connectivity index (χ3n) is 5.86. The van der Waals surface area contributed by atoms with Crippen LogP contribution in [0.3, 0.4) is 0 Å². The highest BCUT2D eigenvalue weighted by atomic mass is 19.1. The molecule has 1 heterocycles. The van der Waals surface area contributed by atoms with E-state index in [1.807, 2.05) is 30.3 Å². The first kappa shape index (κ1) is 23.0. The third kappa shape index (κ3) is 4.37. The van der Waals surface area contributed by atoms with Gasteiger partial charge in [0.15, 0.2) is 11.5 Å². The van der Waals surface area contributed by atoms with E-state index in [0.717, 1.165) is 5.56 Å². The molecular formula is C27H24FNO5. The maximum Gasteiger partial charge on any atom is 0.295 e. The Morgan fingerprint density at radius 1 is 0.941 bits per heavy atom. The van der Waals surface area contributed by atoms with E-state index in [2.05, 4.69) is 0 Å². The van der Waals surface area contributed by atoms with Crippen LogP contribution in [0.2, 0.25) is 0 Å². The Labute approximate surface area is 196 Å². The molecule has 1 aliphatic heterocycles. The number of amides is 1. The number of aliphatic hydroxyl groups is 1. The number of carbonyl (C=O) groups is 2. The van der Waals surface area contributed by atoms with Gasteiger partial charge in [0.1, 0.15) is 11.6 Å². The standard InChI is InChI=1S/C27H24FNO5/c1-33-21-13-8-17(16-22(21)34-2)14-15-29-24(18-6-4-3-5-7-18)23(26(31)27(29)32)25(30)19-9-11-20(28)12-10-19/h3-13,16,24,30H,14-15H2,1-2H3. The highest BCUT2D eigenvalue weighted by Gasteiger charge is 2.45. The first-order valence-corrected chi connectivity index (χ1v) is 10.7. The Morgan fingerprint density at radius 2 is 1.62 bits per heavy atom. The zero-order valence-electron chi connectivity index (χ0n) is 18.8. The van der Waals surface area contributed by atoms with Gasteiger partial charge in [0.25, 0.3) is 11.7 Å². The van der Waals surface area contributed by atoms with Gasteiger partial charge in [-0.25, -0.2) is 4.39 Å². The largest absolute Gasteiger partial charge is 0.507 e. The lowest BCUT2D eigenvalue weighted by Gasteiger charge is -2.25. The van der Waals surface area contributed by atoms with Crippen molar-refractivity contribution in [2.75, 3.05) is 20.8 Å². The second-order valence-corrected chi connectivity index (χ2v) is 7.85. The van der Waals surface area contributed by atoms with Gasteiger partial charge >= 0.3 is 0 Å². The molecule has 4 rings (SSSR count). The Bertz CT molecular complexity index is 1240. The minimum atomic E-state index is -0.775. The molecule has 0 bridgehead atoms. The monoisotopic (exact) mass is 461 g/mol. The Kier molecular flexibility index (Phi) is 6.63. The summed E-state index contributed by atoms with van der Waals surface area (Å²) in [4.78, 5) is 27.6. The number of benzene rings is 3. The van der Waals surface area contributed by atoms with Crippen molar-refractivity contribution >= 4 is 17.4 Å². The summed E-state index contributed by atoms with van der Waals surface area (Å²) in [5, 5.41) is 11.0. The molecule has 0 aromatic heterocycles. The number of ketones is 1. The van der Waals surface area contributed by atoms with Gasteiger partial charge in [0.2, 0.25) is 0 Å². The molecule has 1 fully saturated rings. The molecule has 6 nitrogen and oxygen atoms in total. The molecule has 0 aliphatic carbocycles. The number of likely N-dealkylation sites (tertiary alicyclic amines) is 1. The molecule has 0 saturated carbocycles. The van der Waals surface area contributed by atoms with Crippen LogP contribution in [0, 0.1) is 5.82 Å². The summed E-state index contributed by atoms with van der Waals surface area (Å²) in [7, 11) is 3.10. The normalized spacial score (nSPS) is 17.1. The first-order valence-electron chi connectivity index (χ1n) is 10.7. The van der Waals surface area contributed by atoms with Crippen LogP contribution < -0.4 is 9.47 Å². The van der Waals surface area contributed by atoms with Crippen molar-refractivity contribution in [3.63, 3.8) is 0 Å². The van der Waals surface area contributed by atoms with E-state index in [0.29, 0.717) is 23.5 Å². The van der Waals surface area contributed by atoms with Crippen LogP contribution in [-0.4, -0.2) is 42.5 Å². The predicted octanol–water partition coefficient (Wildman–Crippen LogP) is 4.51. The van der Waals surface area contributed by atoms with Crippen molar-refractivity contribution in [3.8, 4) is 11.5 Å². The molecule has 0 radical (unpaired) electrons. The number of hydrogen-bond acceptors (Lipinski definition) is 5. The molecule has 1 N–H and O–H groups in total. The fourth-order valence-corrected chi connectivity index (χ4v) is 4.14. The molecule has 1 atom stereocenters.